The fraction of sp³-hybridized carbons (Fsp3) is 0.100. The lowest BCUT2D eigenvalue weighted by atomic mass is 10.0. The molecule has 2 aromatic heterocycles. The Hall–Kier alpha value is -4.89. The van der Waals surface area contributed by atoms with Gasteiger partial charge in [0.25, 0.3) is 0 Å². The van der Waals surface area contributed by atoms with Gasteiger partial charge in [0, 0.05) is 5.39 Å². The van der Waals surface area contributed by atoms with Gasteiger partial charge in [-0.25, -0.2) is 4.79 Å². The maximum atomic E-state index is 11.9. The SMILES string of the molecule is COc1ccc(-c2c(OC(=O)O)n(Cc3ccc4nsnc4c3)c3ccc(OCc4ccccc4)cc23)cc1. The number of hydrogen-bond donors (Lipinski definition) is 1. The number of fused-ring (bicyclic) bond motifs is 2. The average Bonchev–Trinajstić information content (AvgIpc) is 3.54. The zero-order valence-electron chi connectivity index (χ0n) is 20.9. The van der Waals surface area contributed by atoms with Crippen molar-refractivity contribution in [2.75, 3.05) is 7.11 Å². The van der Waals surface area contributed by atoms with Crippen LogP contribution in [0, 0.1) is 0 Å². The minimum atomic E-state index is -1.39. The van der Waals surface area contributed by atoms with Crippen molar-refractivity contribution < 1.29 is 24.1 Å². The molecule has 2 heterocycles. The quantitative estimate of drug-likeness (QED) is 0.209. The molecule has 0 aliphatic heterocycles. The number of hydrogen-bond acceptors (Lipinski definition) is 7. The molecule has 0 saturated carbocycles. The highest BCUT2D eigenvalue weighted by Gasteiger charge is 2.23. The summed E-state index contributed by atoms with van der Waals surface area (Å²) >= 11 is 1.16. The summed E-state index contributed by atoms with van der Waals surface area (Å²) in [7, 11) is 1.60. The fourth-order valence-electron chi connectivity index (χ4n) is 4.63. The summed E-state index contributed by atoms with van der Waals surface area (Å²) in [6.45, 7) is 0.776. The van der Waals surface area contributed by atoms with Crippen molar-refractivity contribution in [2.45, 2.75) is 13.2 Å². The molecule has 0 fully saturated rings. The standard InChI is InChI=1S/C30H23N3O5S/c1-36-22-10-8-21(9-11-22)28-24-16-23(37-18-19-5-3-2-4-6-19)12-14-27(24)33(29(28)38-30(34)35)17-20-7-13-25-26(15-20)32-39-31-25/h2-16H,17-18H2,1H3,(H,34,35). The van der Waals surface area contributed by atoms with E-state index >= 15 is 0 Å². The van der Waals surface area contributed by atoms with E-state index in [2.05, 4.69) is 8.75 Å². The molecule has 6 aromatic rings. The molecule has 0 bridgehead atoms. The van der Waals surface area contributed by atoms with Crippen molar-refractivity contribution in [1.82, 2.24) is 13.3 Å². The van der Waals surface area contributed by atoms with Gasteiger partial charge in [-0.05, 0) is 59.2 Å². The number of carbonyl (C=O) groups is 1. The van der Waals surface area contributed by atoms with Gasteiger partial charge in [-0.15, -0.1) is 0 Å². The summed E-state index contributed by atoms with van der Waals surface area (Å²) in [4.78, 5) is 11.9. The molecule has 0 saturated heterocycles. The molecule has 0 unspecified atom stereocenters. The number of methoxy groups -OCH3 is 1. The number of aromatic nitrogens is 3. The largest absolute Gasteiger partial charge is 0.512 e. The second-order valence-electron chi connectivity index (χ2n) is 8.90. The number of carboxylic acid groups (broad SMARTS) is 1. The van der Waals surface area contributed by atoms with Crippen molar-refractivity contribution in [1.29, 1.82) is 0 Å². The number of ether oxygens (including phenoxy) is 3. The van der Waals surface area contributed by atoms with E-state index < -0.39 is 6.16 Å². The van der Waals surface area contributed by atoms with Gasteiger partial charge in [-0.1, -0.05) is 48.5 Å². The van der Waals surface area contributed by atoms with Gasteiger partial charge in [0.2, 0.25) is 5.88 Å². The van der Waals surface area contributed by atoms with Crippen LogP contribution in [0.1, 0.15) is 11.1 Å². The molecule has 194 valence electrons. The Kier molecular flexibility index (Phi) is 6.56. The molecule has 8 nitrogen and oxygen atoms in total. The van der Waals surface area contributed by atoms with Crippen LogP contribution in [0.5, 0.6) is 17.4 Å². The van der Waals surface area contributed by atoms with E-state index in [1.54, 1.807) is 7.11 Å². The minimum Gasteiger partial charge on any atom is -0.497 e. The molecule has 0 aliphatic rings. The Balaban J connectivity index is 1.50. The number of rotatable bonds is 8. The van der Waals surface area contributed by atoms with Crippen molar-refractivity contribution in [3.05, 3.63) is 102 Å². The summed E-state index contributed by atoms with van der Waals surface area (Å²) < 4.78 is 27.4. The van der Waals surface area contributed by atoms with Crippen molar-refractivity contribution in [3.8, 4) is 28.5 Å². The maximum absolute atomic E-state index is 11.9. The van der Waals surface area contributed by atoms with Gasteiger partial charge in [-0.3, -0.25) is 0 Å². The fourth-order valence-corrected chi connectivity index (χ4v) is 5.15. The van der Waals surface area contributed by atoms with Crippen LogP contribution in [0.25, 0.3) is 33.1 Å². The van der Waals surface area contributed by atoms with Gasteiger partial charge in [0.05, 0.1) is 36.5 Å². The zero-order chi connectivity index (χ0) is 26.8. The molecule has 0 spiro atoms. The first-order chi connectivity index (χ1) is 19.1. The highest BCUT2D eigenvalue weighted by atomic mass is 32.1. The molecule has 4 aromatic carbocycles. The smallest absolute Gasteiger partial charge is 0.497 e. The third-order valence-corrected chi connectivity index (χ3v) is 7.01. The van der Waals surface area contributed by atoms with E-state index in [9.17, 15) is 9.90 Å². The first-order valence-corrected chi connectivity index (χ1v) is 12.9. The molecular weight excluding hydrogens is 514 g/mol. The van der Waals surface area contributed by atoms with Crippen LogP contribution < -0.4 is 14.2 Å². The van der Waals surface area contributed by atoms with Gasteiger partial charge >= 0.3 is 6.16 Å². The molecule has 9 heteroatoms. The van der Waals surface area contributed by atoms with Gasteiger partial charge in [-0.2, -0.15) is 8.75 Å². The van der Waals surface area contributed by atoms with Gasteiger partial charge in [0.1, 0.15) is 29.1 Å². The van der Waals surface area contributed by atoms with E-state index in [1.165, 1.54) is 0 Å². The van der Waals surface area contributed by atoms with Crippen LogP contribution in [0.2, 0.25) is 0 Å². The molecule has 0 aliphatic carbocycles. The van der Waals surface area contributed by atoms with E-state index in [-0.39, 0.29) is 5.88 Å². The van der Waals surface area contributed by atoms with Crippen LogP contribution in [-0.4, -0.2) is 31.7 Å². The van der Waals surface area contributed by atoms with E-state index in [1.807, 2.05) is 95.6 Å². The molecule has 0 atom stereocenters. The topological polar surface area (TPSA) is 95.7 Å². The highest BCUT2D eigenvalue weighted by molar-refractivity contribution is 7.00. The Morgan fingerprint density at radius 2 is 1.64 bits per heavy atom. The number of nitrogens with zero attached hydrogens (tertiary/aromatic N) is 3. The van der Waals surface area contributed by atoms with E-state index in [4.69, 9.17) is 14.2 Å². The Morgan fingerprint density at radius 3 is 2.41 bits per heavy atom. The Labute approximate surface area is 228 Å². The lowest BCUT2D eigenvalue weighted by molar-refractivity contribution is 0.141. The van der Waals surface area contributed by atoms with Crippen molar-refractivity contribution in [2.24, 2.45) is 0 Å². The molecule has 0 radical (unpaired) electrons. The zero-order valence-corrected chi connectivity index (χ0v) is 21.7. The van der Waals surface area contributed by atoms with Gasteiger partial charge < -0.3 is 23.9 Å². The third-order valence-electron chi connectivity index (χ3n) is 6.46. The summed E-state index contributed by atoms with van der Waals surface area (Å²) in [5.74, 6) is 1.58. The monoisotopic (exact) mass is 537 g/mol. The van der Waals surface area contributed by atoms with Crippen molar-refractivity contribution in [3.63, 3.8) is 0 Å². The highest BCUT2D eigenvalue weighted by Crippen LogP contribution is 2.43. The van der Waals surface area contributed by atoms with E-state index in [0.29, 0.717) is 30.2 Å². The summed E-state index contributed by atoms with van der Waals surface area (Å²) in [6, 6.07) is 28.9. The second-order valence-corrected chi connectivity index (χ2v) is 9.43. The Morgan fingerprint density at radius 1 is 0.872 bits per heavy atom. The predicted molar refractivity (Wildman–Crippen MR) is 150 cm³/mol. The first kappa shape index (κ1) is 24.4. The van der Waals surface area contributed by atoms with Crippen LogP contribution >= 0.6 is 11.7 Å². The van der Waals surface area contributed by atoms with Crippen LogP contribution in [0.3, 0.4) is 0 Å². The summed E-state index contributed by atoms with van der Waals surface area (Å²) in [5.41, 5.74) is 5.84. The molecular formula is C30H23N3O5S. The van der Waals surface area contributed by atoms with Gasteiger partial charge in [0.15, 0.2) is 0 Å². The molecule has 0 amide bonds. The molecule has 6 rings (SSSR count). The first-order valence-electron chi connectivity index (χ1n) is 12.2. The second kappa shape index (κ2) is 10.5. The summed E-state index contributed by atoms with van der Waals surface area (Å²) in [5, 5.41) is 10.5. The number of benzene rings is 4. The molecule has 39 heavy (non-hydrogen) atoms. The normalized spacial score (nSPS) is 11.1. The van der Waals surface area contributed by atoms with Crippen LogP contribution in [0.4, 0.5) is 4.79 Å². The van der Waals surface area contributed by atoms with E-state index in [0.717, 1.165) is 50.4 Å². The average molecular weight is 538 g/mol. The minimum absolute atomic E-state index is 0.222. The molecule has 1 N–H and O–H groups in total. The lowest BCUT2D eigenvalue weighted by Crippen LogP contribution is -2.10. The van der Waals surface area contributed by atoms with Crippen LogP contribution in [0.15, 0.2) is 91.0 Å². The summed E-state index contributed by atoms with van der Waals surface area (Å²) in [6.07, 6.45) is -1.39. The van der Waals surface area contributed by atoms with Crippen molar-refractivity contribution >= 4 is 39.8 Å². The third kappa shape index (κ3) is 4.99. The Bertz CT molecular complexity index is 1780. The maximum Gasteiger partial charge on any atom is 0.512 e. The van der Waals surface area contributed by atoms with Crippen LogP contribution in [-0.2, 0) is 13.2 Å². The lowest BCUT2D eigenvalue weighted by Gasteiger charge is -2.11. The predicted octanol–water partition coefficient (Wildman–Crippen LogP) is 7.01.